The monoisotopic (exact) mass is 316 g/mol. The summed E-state index contributed by atoms with van der Waals surface area (Å²) in [6.07, 6.45) is 2.20. The van der Waals surface area contributed by atoms with Gasteiger partial charge in [-0.05, 0) is 39.2 Å². The maximum Gasteiger partial charge on any atom is 0.220 e. The number of amides is 1. The molecule has 0 aliphatic carbocycles. The van der Waals surface area contributed by atoms with E-state index in [-0.39, 0.29) is 5.91 Å². The van der Waals surface area contributed by atoms with Crippen molar-refractivity contribution in [3.63, 3.8) is 0 Å². The van der Waals surface area contributed by atoms with Crippen LogP contribution in [0.5, 0.6) is 0 Å². The van der Waals surface area contributed by atoms with E-state index in [9.17, 15) is 4.79 Å². The van der Waals surface area contributed by atoms with Crippen molar-refractivity contribution in [2.75, 3.05) is 19.8 Å². The molecule has 1 fully saturated rings. The molecule has 1 aliphatic heterocycles. The van der Waals surface area contributed by atoms with Crippen molar-refractivity contribution in [3.05, 3.63) is 28.7 Å². The molecule has 6 nitrogen and oxygen atoms in total. The van der Waals surface area contributed by atoms with Crippen LogP contribution >= 0.6 is 0 Å². The molecule has 3 rings (SSSR count). The van der Waals surface area contributed by atoms with Crippen LogP contribution in [0.1, 0.15) is 35.5 Å². The maximum absolute atomic E-state index is 12.1. The molecule has 0 radical (unpaired) electrons. The minimum Gasteiger partial charge on any atom is -0.381 e. The summed E-state index contributed by atoms with van der Waals surface area (Å²) in [5, 5.41) is 7.48. The molecule has 0 aromatic carbocycles. The molecular formula is C17H24N4O2. The van der Waals surface area contributed by atoms with Crippen LogP contribution in [0.3, 0.4) is 0 Å². The summed E-state index contributed by atoms with van der Waals surface area (Å²) in [5.41, 5.74) is 4.98. The highest BCUT2D eigenvalue weighted by Crippen LogP contribution is 2.17. The smallest absolute Gasteiger partial charge is 0.220 e. The van der Waals surface area contributed by atoms with Crippen molar-refractivity contribution in [2.24, 2.45) is 5.92 Å². The van der Waals surface area contributed by atoms with Gasteiger partial charge in [0.2, 0.25) is 5.91 Å². The quantitative estimate of drug-likeness (QED) is 0.912. The van der Waals surface area contributed by atoms with Gasteiger partial charge >= 0.3 is 0 Å². The molecule has 1 atom stereocenters. The summed E-state index contributed by atoms with van der Waals surface area (Å²) in [6, 6.07) is 1.97. The predicted molar refractivity (Wildman–Crippen MR) is 87.5 cm³/mol. The van der Waals surface area contributed by atoms with E-state index in [0.29, 0.717) is 25.3 Å². The second kappa shape index (κ2) is 6.66. The molecule has 124 valence electrons. The third-order valence-corrected chi connectivity index (χ3v) is 4.50. The van der Waals surface area contributed by atoms with Crippen LogP contribution in [0.4, 0.5) is 0 Å². The fraction of sp³-hybridized carbons (Fsp3) is 0.588. The molecule has 3 heterocycles. The molecule has 0 spiro atoms. The fourth-order valence-corrected chi connectivity index (χ4v) is 3.13. The van der Waals surface area contributed by atoms with Crippen molar-refractivity contribution in [1.82, 2.24) is 19.9 Å². The zero-order valence-corrected chi connectivity index (χ0v) is 14.1. The number of nitrogens with one attached hydrogen (secondary N) is 1. The number of carbonyl (C=O) groups is 1. The maximum atomic E-state index is 12.1. The van der Waals surface area contributed by atoms with Crippen LogP contribution in [0.2, 0.25) is 0 Å². The number of ether oxygens (including phenoxy) is 1. The number of hydrogen-bond acceptors (Lipinski definition) is 4. The Morgan fingerprint density at radius 2 is 2.26 bits per heavy atom. The van der Waals surface area contributed by atoms with Crippen LogP contribution in [0, 0.1) is 26.7 Å². The predicted octanol–water partition coefficient (Wildman–Crippen LogP) is 1.74. The molecule has 0 bridgehead atoms. The van der Waals surface area contributed by atoms with Gasteiger partial charge in [-0.1, -0.05) is 0 Å². The fourth-order valence-electron chi connectivity index (χ4n) is 3.13. The van der Waals surface area contributed by atoms with E-state index in [1.165, 1.54) is 0 Å². The Labute approximate surface area is 136 Å². The number of aryl methyl sites for hydroxylation is 3. The zero-order valence-electron chi connectivity index (χ0n) is 14.1. The van der Waals surface area contributed by atoms with E-state index in [2.05, 4.69) is 15.4 Å². The van der Waals surface area contributed by atoms with E-state index >= 15 is 0 Å². The lowest BCUT2D eigenvalue weighted by Crippen LogP contribution is -2.29. The number of rotatable bonds is 5. The molecule has 1 N–H and O–H groups in total. The molecule has 1 amide bonds. The molecule has 0 saturated carbocycles. The van der Waals surface area contributed by atoms with Crippen molar-refractivity contribution in [1.29, 1.82) is 0 Å². The van der Waals surface area contributed by atoms with Gasteiger partial charge in [0.25, 0.3) is 0 Å². The lowest BCUT2D eigenvalue weighted by Gasteiger charge is -2.12. The third kappa shape index (κ3) is 3.52. The Bertz CT molecular complexity index is 717. The molecular weight excluding hydrogens is 292 g/mol. The minimum absolute atomic E-state index is 0.0902. The van der Waals surface area contributed by atoms with Gasteiger partial charge in [0.1, 0.15) is 0 Å². The second-order valence-corrected chi connectivity index (χ2v) is 6.35. The molecule has 6 heteroatoms. The van der Waals surface area contributed by atoms with E-state index in [1.54, 1.807) is 0 Å². The Morgan fingerprint density at radius 3 is 3.00 bits per heavy atom. The first-order valence-electron chi connectivity index (χ1n) is 8.21. The average molecular weight is 316 g/mol. The number of carbonyl (C=O) groups excluding carboxylic acids is 1. The minimum atomic E-state index is 0.0902. The summed E-state index contributed by atoms with van der Waals surface area (Å²) in [5.74, 6) is 0.555. The van der Waals surface area contributed by atoms with Gasteiger partial charge in [0, 0.05) is 42.9 Å². The van der Waals surface area contributed by atoms with Gasteiger partial charge in [0.15, 0.2) is 5.65 Å². The summed E-state index contributed by atoms with van der Waals surface area (Å²) in [6.45, 7) is 8.29. The van der Waals surface area contributed by atoms with E-state index in [4.69, 9.17) is 4.74 Å². The van der Waals surface area contributed by atoms with Gasteiger partial charge in [-0.2, -0.15) is 5.10 Å². The first-order chi connectivity index (χ1) is 11.0. The molecule has 2 aromatic heterocycles. The number of aromatic nitrogens is 3. The Hall–Kier alpha value is -1.95. The number of fused-ring (bicyclic) bond motifs is 1. The van der Waals surface area contributed by atoms with Gasteiger partial charge < -0.3 is 10.1 Å². The highest BCUT2D eigenvalue weighted by molar-refractivity contribution is 5.76. The molecule has 1 aliphatic rings. The lowest BCUT2D eigenvalue weighted by atomic mass is 10.1. The summed E-state index contributed by atoms with van der Waals surface area (Å²) in [7, 11) is 0. The average Bonchev–Trinajstić information content (AvgIpc) is 3.14. The van der Waals surface area contributed by atoms with E-state index in [1.807, 2.05) is 31.4 Å². The molecule has 23 heavy (non-hydrogen) atoms. The Balaban J connectivity index is 1.63. The van der Waals surface area contributed by atoms with Crippen molar-refractivity contribution >= 4 is 11.6 Å². The summed E-state index contributed by atoms with van der Waals surface area (Å²) in [4.78, 5) is 16.7. The van der Waals surface area contributed by atoms with E-state index in [0.717, 1.165) is 47.9 Å². The standard InChI is InChI=1S/C17H24N4O2/c1-11-8-16-19-12(2)15(13(3)21(16)20-11)4-5-17(22)18-9-14-6-7-23-10-14/h8,14H,4-7,9-10H2,1-3H3,(H,18,22). The van der Waals surface area contributed by atoms with Crippen molar-refractivity contribution < 1.29 is 9.53 Å². The number of hydrogen-bond donors (Lipinski definition) is 1. The van der Waals surface area contributed by atoms with Crippen LogP contribution in [-0.4, -0.2) is 40.3 Å². The van der Waals surface area contributed by atoms with Crippen LogP contribution in [0.15, 0.2) is 6.07 Å². The van der Waals surface area contributed by atoms with Crippen LogP contribution in [0.25, 0.3) is 5.65 Å². The first-order valence-corrected chi connectivity index (χ1v) is 8.21. The lowest BCUT2D eigenvalue weighted by molar-refractivity contribution is -0.121. The second-order valence-electron chi connectivity index (χ2n) is 6.35. The molecule has 1 unspecified atom stereocenters. The molecule has 1 saturated heterocycles. The van der Waals surface area contributed by atoms with Gasteiger partial charge in [-0.25, -0.2) is 9.50 Å². The highest BCUT2D eigenvalue weighted by atomic mass is 16.5. The topological polar surface area (TPSA) is 68.5 Å². The normalized spacial score (nSPS) is 17.8. The summed E-state index contributed by atoms with van der Waals surface area (Å²) >= 11 is 0. The number of nitrogens with zero attached hydrogens (tertiary/aromatic N) is 3. The van der Waals surface area contributed by atoms with Crippen molar-refractivity contribution in [3.8, 4) is 0 Å². The largest absolute Gasteiger partial charge is 0.381 e. The SMILES string of the molecule is Cc1cc2nc(C)c(CCC(=O)NCC3CCOC3)c(C)n2n1. The van der Waals surface area contributed by atoms with Gasteiger partial charge in [0.05, 0.1) is 12.3 Å². The van der Waals surface area contributed by atoms with Gasteiger partial charge in [-0.15, -0.1) is 0 Å². The highest BCUT2D eigenvalue weighted by Gasteiger charge is 2.17. The Morgan fingerprint density at radius 1 is 1.43 bits per heavy atom. The van der Waals surface area contributed by atoms with Gasteiger partial charge in [-0.3, -0.25) is 4.79 Å². The Kier molecular flexibility index (Phi) is 4.61. The van der Waals surface area contributed by atoms with Crippen LogP contribution in [-0.2, 0) is 16.0 Å². The van der Waals surface area contributed by atoms with Crippen molar-refractivity contribution in [2.45, 2.75) is 40.0 Å². The first kappa shape index (κ1) is 15.9. The zero-order chi connectivity index (χ0) is 16.4. The summed E-state index contributed by atoms with van der Waals surface area (Å²) < 4.78 is 7.19. The van der Waals surface area contributed by atoms with E-state index < -0.39 is 0 Å². The van der Waals surface area contributed by atoms with Crippen LogP contribution < -0.4 is 5.32 Å². The third-order valence-electron chi connectivity index (χ3n) is 4.50. The molecule has 2 aromatic rings.